The Morgan fingerprint density at radius 2 is 1.70 bits per heavy atom. The van der Waals surface area contributed by atoms with Gasteiger partial charge in [-0.15, -0.1) is 0 Å². The molecular weight excluding hydrogens is 272 g/mol. The molecule has 0 spiro atoms. The van der Waals surface area contributed by atoms with E-state index < -0.39 is 15.6 Å². The number of likely N-dealkylation sites (N-methyl/N-ethyl adjacent to an activating group) is 1. The predicted octanol–water partition coefficient (Wildman–Crippen LogP) is 2.52. The third-order valence-corrected chi connectivity index (χ3v) is 6.41. The summed E-state index contributed by atoms with van der Waals surface area (Å²) in [4.78, 5) is 0.376. The van der Waals surface area contributed by atoms with Crippen LogP contribution in [-0.4, -0.2) is 31.4 Å². The third kappa shape index (κ3) is 2.90. The SMILES string of the molecule is CCN(C(CC)(CC)CN)S(=O)(=O)c1ccccc1C. The van der Waals surface area contributed by atoms with Crippen molar-refractivity contribution in [2.24, 2.45) is 5.73 Å². The monoisotopic (exact) mass is 298 g/mol. The molecular formula is C15H26N2O2S. The van der Waals surface area contributed by atoms with Crippen molar-refractivity contribution in [3.8, 4) is 0 Å². The van der Waals surface area contributed by atoms with Crippen LogP contribution in [0.2, 0.25) is 0 Å². The van der Waals surface area contributed by atoms with Crippen LogP contribution < -0.4 is 5.73 Å². The predicted molar refractivity (Wildman–Crippen MR) is 83.1 cm³/mol. The normalized spacial score (nSPS) is 12.9. The van der Waals surface area contributed by atoms with Crippen molar-refractivity contribution < 1.29 is 8.42 Å². The fraction of sp³-hybridized carbons (Fsp3) is 0.600. The maximum Gasteiger partial charge on any atom is 0.243 e. The number of nitrogens with two attached hydrogens (primary N) is 1. The Balaban J connectivity index is 3.41. The van der Waals surface area contributed by atoms with Gasteiger partial charge < -0.3 is 5.73 Å². The number of benzene rings is 1. The van der Waals surface area contributed by atoms with E-state index in [4.69, 9.17) is 5.73 Å². The molecule has 4 nitrogen and oxygen atoms in total. The van der Waals surface area contributed by atoms with Crippen LogP contribution in [0.1, 0.15) is 39.2 Å². The molecule has 0 aromatic heterocycles. The molecule has 20 heavy (non-hydrogen) atoms. The van der Waals surface area contributed by atoms with Crippen LogP contribution in [0, 0.1) is 6.92 Å². The van der Waals surface area contributed by atoms with E-state index in [1.807, 2.05) is 39.8 Å². The molecule has 0 saturated heterocycles. The maximum atomic E-state index is 13.0. The molecule has 0 aliphatic rings. The quantitative estimate of drug-likeness (QED) is 0.841. The van der Waals surface area contributed by atoms with Crippen LogP contribution in [0.5, 0.6) is 0 Å². The van der Waals surface area contributed by atoms with Gasteiger partial charge in [-0.1, -0.05) is 39.0 Å². The number of sulfonamides is 1. The molecule has 1 aromatic rings. The van der Waals surface area contributed by atoms with E-state index in [-0.39, 0.29) is 0 Å². The molecule has 5 heteroatoms. The van der Waals surface area contributed by atoms with E-state index in [2.05, 4.69) is 0 Å². The van der Waals surface area contributed by atoms with Gasteiger partial charge in [-0.05, 0) is 31.4 Å². The molecule has 0 aliphatic heterocycles. The first-order chi connectivity index (χ1) is 9.39. The minimum Gasteiger partial charge on any atom is -0.329 e. The summed E-state index contributed by atoms with van der Waals surface area (Å²) in [6.07, 6.45) is 1.41. The summed E-state index contributed by atoms with van der Waals surface area (Å²) in [5, 5.41) is 0. The molecule has 2 N–H and O–H groups in total. The summed E-state index contributed by atoms with van der Waals surface area (Å²) in [5.41, 5.74) is 6.18. The van der Waals surface area contributed by atoms with Gasteiger partial charge in [0.1, 0.15) is 0 Å². The lowest BCUT2D eigenvalue weighted by Crippen LogP contribution is -2.55. The topological polar surface area (TPSA) is 63.4 Å². The zero-order valence-corrected chi connectivity index (χ0v) is 13.7. The van der Waals surface area contributed by atoms with Gasteiger partial charge in [0.2, 0.25) is 10.0 Å². The Morgan fingerprint density at radius 1 is 1.15 bits per heavy atom. The number of aryl methyl sites for hydroxylation is 1. The standard InChI is InChI=1S/C15H26N2O2S/c1-5-15(6-2,12-16)17(7-3)20(18,19)14-11-9-8-10-13(14)4/h8-11H,5-7,12,16H2,1-4H3. The molecule has 0 radical (unpaired) electrons. The molecule has 0 amide bonds. The maximum absolute atomic E-state index is 13.0. The smallest absolute Gasteiger partial charge is 0.243 e. The molecule has 0 atom stereocenters. The first kappa shape index (κ1) is 17.1. The van der Waals surface area contributed by atoms with E-state index in [0.717, 1.165) is 5.56 Å². The van der Waals surface area contributed by atoms with Gasteiger partial charge in [-0.25, -0.2) is 8.42 Å². The first-order valence-corrected chi connectivity index (χ1v) is 8.62. The second kappa shape index (κ2) is 6.70. The van der Waals surface area contributed by atoms with Crippen molar-refractivity contribution in [3.05, 3.63) is 29.8 Å². The lowest BCUT2D eigenvalue weighted by Gasteiger charge is -2.41. The Kier molecular flexibility index (Phi) is 5.74. The number of rotatable bonds is 7. The fourth-order valence-corrected chi connectivity index (χ4v) is 4.86. The second-order valence-electron chi connectivity index (χ2n) is 5.07. The third-order valence-electron chi connectivity index (χ3n) is 4.17. The highest BCUT2D eigenvalue weighted by molar-refractivity contribution is 7.89. The number of hydrogen-bond donors (Lipinski definition) is 1. The Bertz CT molecular complexity index is 528. The Hall–Kier alpha value is -0.910. The van der Waals surface area contributed by atoms with Crippen molar-refractivity contribution in [2.75, 3.05) is 13.1 Å². The minimum absolute atomic E-state index is 0.332. The molecule has 1 rings (SSSR count). The van der Waals surface area contributed by atoms with Crippen LogP contribution in [-0.2, 0) is 10.0 Å². The largest absolute Gasteiger partial charge is 0.329 e. The molecule has 0 fully saturated rings. The van der Waals surface area contributed by atoms with E-state index >= 15 is 0 Å². The van der Waals surface area contributed by atoms with Crippen molar-refractivity contribution in [1.29, 1.82) is 0 Å². The molecule has 0 saturated carbocycles. The van der Waals surface area contributed by atoms with Gasteiger partial charge in [0.15, 0.2) is 0 Å². The minimum atomic E-state index is -3.52. The Morgan fingerprint density at radius 3 is 2.10 bits per heavy atom. The zero-order valence-electron chi connectivity index (χ0n) is 12.9. The second-order valence-corrected chi connectivity index (χ2v) is 6.90. The van der Waals surface area contributed by atoms with Gasteiger partial charge in [0.05, 0.1) is 4.90 Å². The molecule has 1 aromatic carbocycles. The summed E-state index contributed by atoms with van der Waals surface area (Å²) in [5.74, 6) is 0. The summed E-state index contributed by atoms with van der Waals surface area (Å²) >= 11 is 0. The summed E-state index contributed by atoms with van der Waals surface area (Å²) < 4.78 is 27.5. The first-order valence-electron chi connectivity index (χ1n) is 7.18. The molecule has 0 unspecified atom stereocenters. The summed E-state index contributed by atoms with van der Waals surface area (Å²) in [6.45, 7) is 8.43. The van der Waals surface area contributed by atoms with Gasteiger partial charge in [-0.3, -0.25) is 0 Å². The van der Waals surface area contributed by atoms with E-state index in [1.54, 1.807) is 16.4 Å². The zero-order chi connectivity index (χ0) is 15.4. The van der Waals surface area contributed by atoms with E-state index in [0.29, 0.717) is 30.8 Å². The van der Waals surface area contributed by atoms with E-state index in [1.165, 1.54) is 0 Å². The van der Waals surface area contributed by atoms with Crippen LogP contribution in [0.4, 0.5) is 0 Å². The lowest BCUT2D eigenvalue weighted by atomic mass is 9.93. The van der Waals surface area contributed by atoms with Crippen LogP contribution >= 0.6 is 0 Å². The highest BCUT2D eigenvalue weighted by atomic mass is 32.2. The fourth-order valence-electron chi connectivity index (χ4n) is 2.72. The summed E-state index contributed by atoms with van der Waals surface area (Å²) in [7, 11) is -3.52. The van der Waals surface area contributed by atoms with Crippen molar-refractivity contribution in [1.82, 2.24) is 4.31 Å². The number of nitrogens with zero attached hydrogens (tertiary/aromatic N) is 1. The van der Waals surface area contributed by atoms with Crippen molar-refractivity contribution >= 4 is 10.0 Å². The molecule has 0 aliphatic carbocycles. The average Bonchev–Trinajstić information content (AvgIpc) is 2.45. The summed E-state index contributed by atoms with van der Waals surface area (Å²) in [6, 6.07) is 7.10. The lowest BCUT2D eigenvalue weighted by molar-refractivity contribution is 0.184. The van der Waals surface area contributed by atoms with Gasteiger partial charge in [0.25, 0.3) is 0 Å². The van der Waals surface area contributed by atoms with Crippen LogP contribution in [0.3, 0.4) is 0 Å². The van der Waals surface area contributed by atoms with Crippen LogP contribution in [0.15, 0.2) is 29.2 Å². The Labute approximate surface area is 123 Å². The van der Waals surface area contributed by atoms with Crippen LogP contribution in [0.25, 0.3) is 0 Å². The molecule has 0 heterocycles. The van der Waals surface area contributed by atoms with Gasteiger partial charge >= 0.3 is 0 Å². The molecule has 114 valence electrons. The van der Waals surface area contributed by atoms with Crippen molar-refractivity contribution in [3.63, 3.8) is 0 Å². The number of hydrogen-bond acceptors (Lipinski definition) is 3. The van der Waals surface area contributed by atoms with Crippen molar-refractivity contribution in [2.45, 2.75) is 51.0 Å². The average molecular weight is 298 g/mol. The van der Waals surface area contributed by atoms with Gasteiger partial charge in [0, 0.05) is 18.6 Å². The molecule has 0 bridgehead atoms. The van der Waals surface area contributed by atoms with Gasteiger partial charge in [-0.2, -0.15) is 4.31 Å². The highest BCUT2D eigenvalue weighted by Crippen LogP contribution is 2.30. The highest BCUT2D eigenvalue weighted by Gasteiger charge is 2.40. The van der Waals surface area contributed by atoms with E-state index in [9.17, 15) is 8.42 Å².